The van der Waals surface area contributed by atoms with Gasteiger partial charge in [-0.2, -0.15) is 4.72 Å². The second-order valence-corrected chi connectivity index (χ2v) is 11.3. The quantitative estimate of drug-likeness (QED) is 0.0870. The molecule has 1 saturated heterocycles. The predicted octanol–water partition coefficient (Wildman–Crippen LogP) is 0.00270. The van der Waals surface area contributed by atoms with Crippen molar-refractivity contribution in [2.75, 3.05) is 13.1 Å². The molecule has 2 aromatic rings. The van der Waals surface area contributed by atoms with Crippen LogP contribution in [0.3, 0.4) is 0 Å². The molecule has 220 valence electrons. The van der Waals surface area contributed by atoms with Crippen molar-refractivity contribution in [3.8, 4) is 0 Å². The highest BCUT2D eigenvalue weighted by molar-refractivity contribution is 7.89. The average Bonchev–Trinajstić information content (AvgIpc) is 3.44. The number of hydrogen-bond donors (Lipinski definition) is 5. The molecule has 1 aliphatic heterocycles. The van der Waals surface area contributed by atoms with Crippen LogP contribution in [0.4, 0.5) is 0 Å². The molecule has 3 atom stereocenters. The fourth-order valence-corrected chi connectivity index (χ4v) is 5.73. The summed E-state index contributed by atoms with van der Waals surface area (Å²) in [5, 5.41) is 11.8. The van der Waals surface area contributed by atoms with Gasteiger partial charge in [0.15, 0.2) is 5.96 Å². The fraction of sp³-hybridized carbons (Fsp3) is 0.370. The first-order chi connectivity index (χ1) is 19.5. The predicted molar refractivity (Wildman–Crippen MR) is 150 cm³/mol. The van der Waals surface area contributed by atoms with Crippen LogP contribution in [-0.4, -0.2) is 79.7 Å². The van der Waals surface area contributed by atoms with Gasteiger partial charge in [-0.05, 0) is 61.9 Å². The van der Waals surface area contributed by atoms with Gasteiger partial charge < -0.3 is 31.6 Å². The maximum Gasteiger partial charge on any atom is 0.335 e. The molecular formula is C27H34N6O7S. The van der Waals surface area contributed by atoms with Gasteiger partial charge in [-0.15, -0.1) is 0 Å². The van der Waals surface area contributed by atoms with E-state index in [9.17, 15) is 27.6 Å². The highest BCUT2D eigenvalue weighted by Crippen LogP contribution is 2.21. The molecule has 0 radical (unpaired) electrons. The molecule has 13 nitrogen and oxygen atoms in total. The van der Waals surface area contributed by atoms with E-state index in [-0.39, 0.29) is 35.9 Å². The number of nitrogens with two attached hydrogens (primary N) is 2. The highest BCUT2D eigenvalue weighted by atomic mass is 32.2. The Morgan fingerprint density at radius 1 is 1.10 bits per heavy atom. The molecular weight excluding hydrogens is 552 g/mol. The van der Waals surface area contributed by atoms with Gasteiger partial charge in [-0.1, -0.05) is 30.3 Å². The first-order valence-corrected chi connectivity index (χ1v) is 14.5. The Balaban J connectivity index is 1.78. The lowest BCUT2D eigenvalue weighted by Crippen LogP contribution is -2.55. The molecule has 41 heavy (non-hydrogen) atoms. The largest absolute Gasteiger partial charge is 0.478 e. The van der Waals surface area contributed by atoms with E-state index >= 15 is 0 Å². The number of amides is 2. The van der Waals surface area contributed by atoms with Crippen LogP contribution in [0.1, 0.15) is 41.6 Å². The lowest BCUT2D eigenvalue weighted by molar-refractivity contribution is -0.140. The zero-order valence-corrected chi connectivity index (χ0v) is 23.1. The second kappa shape index (κ2) is 14.4. The van der Waals surface area contributed by atoms with Gasteiger partial charge in [0.2, 0.25) is 21.8 Å². The number of carbonyl (C=O) groups is 4. The Bertz CT molecular complexity index is 1360. The maximum atomic E-state index is 13.8. The number of benzene rings is 2. The van der Waals surface area contributed by atoms with Crippen LogP contribution in [0.5, 0.6) is 0 Å². The van der Waals surface area contributed by atoms with Crippen molar-refractivity contribution in [1.29, 1.82) is 0 Å². The van der Waals surface area contributed by atoms with Gasteiger partial charge in [0, 0.05) is 13.1 Å². The summed E-state index contributed by atoms with van der Waals surface area (Å²) in [5.74, 6) is -2.38. The Labute approximate surface area is 238 Å². The highest BCUT2D eigenvalue weighted by Gasteiger charge is 2.39. The Hall–Kier alpha value is -4.30. The van der Waals surface area contributed by atoms with E-state index in [4.69, 9.17) is 16.6 Å². The third-order valence-electron chi connectivity index (χ3n) is 6.59. The van der Waals surface area contributed by atoms with E-state index in [1.165, 1.54) is 4.90 Å². The molecule has 2 amide bonds. The van der Waals surface area contributed by atoms with Crippen LogP contribution in [0, 0.1) is 0 Å². The molecule has 0 saturated carbocycles. The number of guanidine groups is 1. The molecule has 1 fully saturated rings. The summed E-state index contributed by atoms with van der Waals surface area (Å²) in [5.41, 5.74) is 11.2. The van der Waals surface area contributed by atoms with Crippen molar-refractivity contribution >= 4 is 40.1 Å². The average molecular weight is 587 g/mol. The smallest absolute Gasteiger partial charge is 0.335 e. The number of hydrogen-bond acceptors (Lipinski definition) is 7. The number of nitrogens with zero attached hydrogens (tertiary/aromatic N) is 2. The summed E-state index contributed by atoms with van der Waals surface area (Å²) >= 11 is 0. The molecule has 0 spiro atoms. The number of nitrogens with one attached hydrogen (secondary N) is 2. The van der Waals surface area contributed by atoms with Crippen LogP contribution in [0.2, 0.25) is 0 Å². The summed E-state index contributed by atoms with van der Waals surface area (Å²) in [6, 6.07) is 10.5. The molecule has 0 bridgehead atoms. The van der Waals surface area contributed by atoms with Crippen molar-refractivity contribution in [2.45, 2.75) is 55.1 Å². The lowest BCUT2D eigenvalue weighted by Gasteiger charge is -2.29. The monoisotopic (exact) mass is 586 g/mol. The van der Waals surface area contributed by atoms with E-state index in [0.717, 1.165) is 24.3 Å². The van der Waals surface area contributed by atoms with Gasteiger partial charge in [0.05, 0.1) is 16.5 Å². The zero-order valence-electron chi connectivity index (χ0n) is 22.3. The molecule has 0 aromatic heterocycles. The molecule has 0 aliphatic carbocycles. The number of aliphatic imine (C=N–C) groups is 1. The van der Waals surface area contributed by atoms with Crippen LogP contribution in [-0.2, 0) is 30.8 Å². The maximum absolute atomic E-state index is 13.8. The second-order valence-electron chi connectivity index (χ2n) is 9.58. The van der Waals surface area contributed by atoms with Crippen molar-refractivity contribution in [3.63, 3.8) is 0 Å². The summed E-state index contributed by atoms with van der Waals surface area (Å²) in [4.78, 5) is 54.6. The fourth-order valence-electron chi connectivity index (χ4n) is 4.54. The molecule has 14 heteroatoms. The summed E-state index contributed by atoms with van der Waals surface area (Å²) in [6.07, 6.45) is 2.22. The number of carboxylic acid groups (broad SMARTS) is 1. The minimum Gasteiger partial charge on any atom is -0.478 e. The zero-order chi connectivity index (χ0) is 30.0. The molecule has 3 rings (SSSR count). The summed E-state index contributed by atoms with van der Waals surface area (Å²) in [6.45, 7) is 0.518. The lowest BCUT2D eigenvalue weighted by atomic mass is 10.0. The minimum absolute atomic E-state index is 0.0126. The molecule has 1 heterocycles. The van der Waals surface area contributed by atoms with Gasteiger partial charge >= 0.3 is 5.97 Å². The molecule has 7 N–H and O–H groups in total. The number of sulfonamides is 1. The number of aromatic carboxylic acids is 1. The van der Waals surface area contributed by atoms with Gasteiger partial charge in [0.25, 0.3) is 0 Å². The van der Waals surface area contributed by atoms with Crippen LogP contribution in [0.15, 0.2) is 64.5 Å². The summed E-state index contributed by atoms with van der Waals surface area (Å²) < 4.78 is 28.9. The van der Waals surface area contributed by atoms with E-state index in [1.54, 1.807) is 30.3 Å². The Morgan fingerprint density at radius 3 is 2.39 bits per heavy atom. The first kappa shape index (κ1) is 31.2. The van der Waals surface area contributed by atoms with Gasteiger partial charge in [0.1, 0.15) is 18.4 Å². The van der Waals surface area contributed by atoms with E-state index < -0.39 is 45.9 Å². The van der Waals surface area contributed by atoms with Crippen LogP contribution in [0.25, 0.3) is 0 Å². The number of carbonyl (C=O) groups excluding carboxylic acids is 3. The third-order valence-corrected chi connectivity index (χ3v) is 8.08. The number of carboxylic acids is 1. The number of rotatable bonds is 14. The van der Waals surface area contributed by atoms with Crippen LogP contribution >= 0.6 is 0 Å². The third kappa shape index (κ3) is 8.85. The topological polar surface area (TPSA) is 214 Å². The van der Waals surface area contributed by atoms with E-state index in [2.05, 4.69) is 15.0 Å². The molecule has 0 unspecified atom stereocenters. The normalized spacial score (nSPS) is 16.4. The van der Waals surface area contributed by atoms with E-state index in [1.807, 2.05) is 0 Å². The van der Waals surface area contributed by atoms with Crippen molar-refractivity contribution in [1.82, 2.24) is 14.9 Å². The molecule has 2 aromatic carbocycles. The van der Waals surface area contributed by atoms with Crippen molar-refractivity contribution < 1.29 is 32.7 Å². The van der Waals surface area contributed by atoms with Gasteiger partial charge in [-0.25, -0.2) is 13.2 Å². The first-order valence-electron chi connectivity index (χ1n) is 13.0. The minimum atomic E-state index is -4.24. The SMILES string of the molecule is NC(N)=NCCC[C@@H](C=O)NC(=O)[C@@H]1CCCN1C(=O)[C@@H](Cc1ccccc1)NS(=O)(=O)c1ccc(C(=O)O)cc1. The van der Waals surface area contributed by atoms with Crippen LogP contribution < -0.4 is 21.5 Å². The standard InChI is InChI=1S/C27H34N6O7S/c28-27(29)30-14-4-8-20(17-34)31-24(35)23-9-5-15-33(23)25(36)22(16-18-6-2-1-3-7-18)32-41(39,40)21-12-10-19(11-13-21)26(37)38/h1-3,6-7,10-13,17,20,22-23,32H,4-5,8-9,14-16H2,(H,31,35)(H,37,38)(H4,28,29,30)/t20-,22+,23-/m0/s1. The van der Waals surface area contributed by atoms with E-state index in [0.29, 0.717) is 37.5 Å². The number of aldehydes is 1. The van der Waals surface area contributed by atoms with Crippen molar-refractivity contribution in [2.24, 2.45) is 16.5 Å². The number of likely N-dealkylation sites (tertiary alicyclic amines) is 1. The van der Waals surface area contributed by atoms with Gasteiger partial charge in [-0.3, -0.25) is 14.6 Å². The van der Waals surface area contributed by atoms with Crippen molar-refractivity contribution in [3.05, 3.63) is 65.7 Å². The molecule has 1 aliphatic rings. The Kier molecular flexibility index (Phi) is 10.9. The summed E-state index contributed by atoms with van der Waals surface area (Å²) in [7, 11) is -4.24. The Morgan fingerprint density at radius 2 is 1.78 bits per heavy atom.